The number of nitrogens with zero attached hydrogens (tertiary/aromatic N) is 3. The van der Waals surface area contributed by atoms with Crippen molar-refractivity contribution < 1.29 is 14.1 Å². The molecule has 1 saturated heterocycles. The van der Waals surface area contributed by atoms with Gasteiger partial charge in [-0.3, -0.25) is 14.6 Å². The number of nitrogens with one attached hydrogen (secondary N) is 1. The monoisotopic (exact) mass is 342 g/mol. The van der Waals surface area contributed by atoms with E-state index in [1.54, 1.807) is 11.1 Å². The lowest BCUT2D eigenvalue weighted by atomic mass is 10.1. The van der Waals surface area contributed by atoms with Crippen LogP contribution in [-0.4, -0.2) is 33.4 Å². The first-order valence-corrected chi connectivity index (χ1v) is 8.44. The van der Waals surface area contributed by atoms with Crippen molar-refractivity contribution in [3.63, 3.8) is 0 Å². The number of hydrogen-bond donors (Lipinski definition) is 1. The molecule has 132 valence electrons. The number of carbonyl (C=O) groups excluding carboxylic acids is 2. The van der Waals surface area contributed by atoms with Gasteiger partial charge < -0.3 is 14.7 Å². The highest BCUT2D eigenvalue weighted by molar-refractivity contribution is 5.89. The summed E-state index contributed by atoms with van der Waals surface area (Å²) in [6, 6.07) is 7.44. The molecular formula is C18H22N4O3. The average Bonchev–Trinajstić information content (AvgIpc) is 3.21. The van der Waals surface area contributed by atoms with Crippen molar-refractivity contribution in [1.29, 1.82) is 0 Å². The molecule has 0 unspecified atom stereocenters. The molecule has 7 heteroatoms. The van der Waals surface area contributed by atoms with Crippen LogP contribution in [0.2, 0.25) is 0 Å². The summed E-state index contributed by atoms with van der Waals surface area (Å²) in [5.74, 6) is 0.392. The zero-order valence-corrected chi connectivity index (χ0v) is 14.4. The number of rotatable bonds is 6. The molecule has 2 aromatic rings. The fourth-order valence-corrected chi connectivity index (χ4v) is 2.79. The number of hydrogen-bond acceptors (Lipinski definition) is 5. The van der Waals surface area contributed by atoms with Gasteiger partial charge in [0.15, 0.2) is 5.76 Å². The fraction of sp³-hybridized carbons (Fsp3) is 0.444. The lowest BCUT2D eigenvalue weighted by molar-refractivity contribution is -0.129. The largest absolute Gasteiger partial charge is 0.359 e. The second-order valence-electron chi connectivity index (χ2n) is 6.59. The van der Waals surface area contributed by atoms with Crippen LogP contribution in [0.4, 0.5) is 0 Å². The van der Waals surface area contributed by atoms with Gasteiger partial charge in [-0.2, -0.15) is 0 Å². The van der Waals surface area contributed by atoms with Gasteiger partial charge in [0.2, 0.25) is 11.8 Å². The topological polar surface area (TPSA) is 88.3 Å². The van der Waals surface area contributed by atoms with Gasteiger partial charge >= 0.3 is 0 Å². The third-order valence-electron chi connectivity index (χ3n) is 4.27. The second kappa shape index (κ2) is 7.46. The van der Waals surface area contributed by atoms with Crippen molar-refractivity contribution in [2.24, 2.45) is 5.92 Å². The minimum atomic E-state index is -0.344. The maximum Gasteiger partial charge on any atom is 0.225 e. The molecule has 3 rings (SSSR count). The molecule has 1 N–H and O–H groups in total. The molecule has 3 heterocycles. The summed E-state index contributed by atoms with van der Waals surface area (Å²) in [7, 11) is 0. The molecule has 1 aliphatic heterocycles. The minimum Gasteiger partial charge on any atom is -0.359 e. The molecule has 0 bridgehead atoms. The van der Waals surface area contributed by atoms with Crippen molar-refractivity contribution in [1.82, 2.24) is 20.4 Å². The summed E-state index contributed by atoms with van der Waals surface area (Å²) >= 11 is 0. The average molecular weight is 342 g/mol. The van der Waals surface area contributed by atoms with E-state index >= 15 is 0 Å². The van der Waals surface area contributed by atoms with Crippen LogP contribution < -0.4 is 5.32 Å². The zero-order valence-electron chi connectivity index (χ0n) is 14.4. The number of carbonyl (C=O) groups is 2. The quantitative estimate of drug-likeness (QED) is 0.865. The third kappa shape index (κ3) is 4.23. The molecule has 0 aliphatic carbocycles. The van der Waals surface area contributed by atoms with Crippen molar-refractivity contribution in [2.45, 2.75) is 39.3 Å². The van der Waals surface area contributed by atoms with Crippen LogP contribution in [0.25, 0.3) is 0 Å². The molecule has 1 aliphatic rings. The molecule has 2 amide bonds. The zero-order chi connectivity index (χ0) is 17.8. The van der Waals surface area contributed by atoms with Crippen molar-refractivity contribution >= 4 is 11.8 Å². The van der Waals surface area contributed by atoms with E-state index in [1.165, 1.54) is 0 Å². The summed E-state index contributed by atoms with van der Waals surface area (Å²) in [6.07, 6.45) is 1.93. The Hall–Kier alpha value is -2.70. The first-order valence-electron chi connectivity index (χ1n) is 8.44. The maximum atomic E-state index is 12.3. The standard InChI is InChI=1S/C18H22N4O3/c1-12(2)16-8-15(25-21-16)9-20-18(24)13-7-17(23)22(10-13)11-14-5-3-4-6-19-14/h3-6,8,12-13H,7,9-11H2,1-2H3,(H,20,24)/t13-/m1/s1. The molecule has 1 atom stereocenters. The van der Waals surface area contributed by atoms with E-state index in [1.807, 2.05) is 38.1 Å². The Balaban J connectivity index is 1.51. The molecular weight excluding hydrogens is 320 g/mol. The van der Waals surface area contributed by atoms with Gasteiger partial charge in [0.05, 0.1) is 30.4 Å². The van der Waals surface area contributed by atoms with Crippen LogP contribution in [0.3, 0.4) is 0 Å². The van der Waals surface area contributed by atoms with Gasteiger partial charge in [-0.1, -0.05) is 25.1 Å². The van der Waals surface area contributed by atoms with E-state index in [4.69, 9.17) is 4.52 Å². The highest BCUT2D eigenvalue weighted by Crippen LogP contribution is 2.20. The first-order chi connectivity index (χ1) is 12.0. The van der Waals surface area contributed by atoms with Crippen LogP contribution in [0, 0.1) is 5.92 Å². The second-order valence-corrected chi connectivity index (χ2v) is 6.59. The van der Waals surface area contributed by atoms with Crippen molar-refractivity contribution in [2.75, 3.05) is 6.54 Å². The Morgan fingerprint density at radius 1 is 1.44 bits per heavy atom. The summed E-state index contributed by atoms with van der Waals surface area (Å²) in [5, 5.41) is 6.80. The molecule has 0 aromatic carbocycles. The number of pyridine rings is 1. The SMILES string of the molecule is CC(C)c1cc(CNC(=O)[C@@H]2CC(=O)N(Cc3ccccn3)C2)on1. The van der Waals surface area contributed by atoms with Gasteiger partial charge in [0.1, 0.15) is 0 Å². The van der Waals surface area contributed by atoms with Crippen LogP contribution in [0.5, 0.6) is 0 Å². The smallest absolute Gasteiger partial charge is 0.225 e. The van der Waals surface area contributed by atoms with Crippen molar-refractivity contribution in [3.05, 3.63) is 47.6 Å². The molecule has 2 aromatic heterocycles. The number of aromatic nitrogens is 2. The maximum absolute atomic E-state index is 12.3. The van der Waals surface area contributed by atoms with Crippen LogP contribution in [-0.2, 0) is 22.7 Å². The number of likely N-dealkylation sites (tertiary alicyclic amines) is 1. The molecule has 0 spiro atoms. The Morgan fingerprint density at radius 2 is 2.28 bits per heavy atom. The highest BCUT2D eigenvalue weighted by Gasteiger charge is 2.34. The van der Waals surface area contributed by atoms with Crippen LogP contribution >= 0.6 is 0 Å². The summed E-state index contributed by atoms with van der Waals surface area (Å²) in [4.78, 5) is 30.4. The van der Waals surface area contributed by atoms with Gasteiger partial charge in [0, 0.05) is 25.2 Å². The Bertz CT molecular complexity index is 742. The Labute approximate surface area is 146 Å². The summed E-state index contributed by atoms with van der Waals surface area (Å²) in [5.41, 5.74) is 1.68. The minimum absolute atomic E-state index is 0.0208. The van der Waals surface area contributed by atoms with Gasteiger partial charge in [0.25, 0.3) is 0 Å². The van der Waals surface area contributed by atoms with E-state index in [0.29, 0.717) is 18.8 Å². The van der Waals surface area contributed by atoms with Gasteiger partial charge in [-0.25, -0.2) is 0 Å². The molecule has 0 radical (unpaired) electrons. The van der Waals surface area contributed by atoms with E-state index < -0.39 is 0 Å². The number of amides is 2. The molecule has 1 fully saturated rings. The molecule has 0 saturated carbocycles. The summed E-state index contributed by atoms with van der Waals surface area (Å²) in [6.45, 7) is 5.18. The molecule has 25 heavy (non-hydrogen) atoms. The Kier molecular flexibility index (Phi) is 5.11. The van der Waals surface area contributed by atoms with E-state index in [0.717, 1.165) is 11.4 Å². The molecule has 7 nitrogen and oxygen atoms in total. The van der Waals surface area contributed by atoms with Gasteiger partial charge in [-0.15, -0.1) is 0 Å². The highest BCUT2D eigenvalue weighted by atomic mass is 16.5. The lowest BCUT2D eigenvalue weighted by Crippen LogP contribution is -2.32. The normalized spacial score (nSPS) is 17.3. The fourth-order valence-electron chi connectivity index (χ4n) is 2.79. The van der Waals surface area contributed by atoms with Gasteiger partial charge in [-0.05, 0) is 18.1 Å². The predicted molar refractivity (Wildman–Crippen MR) is 90.2 cm³/mol. The van der Waals surface area contributed by atoms with Crippen LogP contribution in [0.1, 0.15) is 43.3 Å². The Morgan fingerprint density at radius 3 is 2.96 bits per heavy atom. The third-order valence-corrected chi connectivity index (χ3v) is 4.27. The lowest BCUT2D eigenvalue weighted by Gasteiger charge is -2.15. The summed E-state index contributed by atoms with van der Waals surface area (Å²) < 4.78 is 5.21. The van der Waals surface area contributed by atoms with E-state index in [9.17, 15) is 9.59 Å². The van der Waals surface area contributed by atoms with Crippen molar-refractivity contribution in [3.8, 4) is 0 Å². The first kappa shape index (κ1) is 17.1. The predicted octanol–water partition coefficient (Wildman–Crippen LogP) is 1.86. The van der Waals surface area contributed by atoms with E-state index in [-0.39, 0.29) is 36.6 Å². The van der Waals surface area contributed by atoms with Crippen LogP contribution in [0.15, 0.2) is 35.0 Å². The van der Waals surface area contributed by atoms with E-state index in [2.05, 4.69) is 15.5 Å².